The van der Waals surface area contributed by atoms with Gasteiger partial charge in [-0.1, -0.05) is 68.3 Å². The predicted molar refractivity (Wildman–Crippen MR) is 125 cm³/mol. The predicted octanol–water partition coefficient (Wildman–Crippen LogP) is 7.57. The second kappa shape index (κ2) is 8.96. The average molecular weight is 406 g/mol. The maximum absolute atomic E-state index is 14.4. The van der Waals surface area contributed by atoms with Crippen molar-refractivity contribution in [2.75, 3.05) is 13.1 Å². The molecule has 2 aliphatic rings. The fourth-order valence-corrected chi connectivity index (χ4v) is 6.08. The van der Waals surface area contributed by atoms with Gasteiger partial charge in [-0.3, -0.25) is 0 Å². The summed E-state index contributed by atoms with van der Waals surface area (Å²) in [5, 5.41) is 0. The topological polar surface area (TPSA) is 3.24 Å². The van der Waals surface area contributed by atoms with Crippen molar-refractivity contribution in [1.82, 2.24) is 4.90 Å². The molecule has 2 atom stereocenters. The van der Waals surface area contributed by atoms with Crippen LogP contribution >= 0.6 is 0 Å². The van der Waals surface area contributed by atoms with Crippen LogP contribution in [-0.2, 0) is 0 Å². The van der Waals surface area contributed by atoms with E-state index in [1.165, 1.54) is 50.5 Å². The molecule has 1 saturated carbocycles. The number of rotatable bonds is 5. The highest BCUT2D eigenvalue weighted by Gasteiger charge is 2.42. The summed E-state index contributed by atoms with van der Waals surface area (Å²) in [5.41, 5.74) is 4.56. The lowest BCUT2D eigenvalue weighted by Crippen LogP contribution is -2.43. The Morgan fingerprint density at radius 2 is 1.83 bits per heavy atom. The summed E-state index contributed by atoms with van der Waals surface area (Å²) >= 11 is 0. The molecule has 1 aliphatic carbocycles. The van der Waals surface area contributed by atoms with Crippen LogP contribution in [0.1, 0.15) is 74.5 Å². The monoisotopic (exact) mass is 405 g/mol. The number of piperidine rings is 1. The van der Waals surface area contributed by atoms with Crippen molar-refractivity contribution in [3.63, 3.8) is 0 Å². The lowest BCUT2D eigenvalue weighted by atomic mass is 9.59. The maximum atomic E-state index is 14.4. The molecule has 1 saturated heterocycles. The van der Waals surface area contributed by atoms with Crippen LogP contribution in [0.4, 0.5) is 4.39 Å². The second-order valence-electron chi connectivity index (χ2n) is 9.82. The highest BCUT2D eigenvalue weighted by molar-refractivity contribution is 5.63. The Morgan fingerprint density at radius 1 is 1.10 bits per heavy atom. The van der Waals surface area contributed by atoms with E-state index in [1.54, 1.807) is 6.07 Å². The van der Waals surface area contributed by atoms with Crippen molar-refractivity contribution in [2.45, 2.75) is 64.7 Å². The number of nitrogens with zero attached hydrogens (tertiary/aromatic N) is 1. The first-order valence-electron chi connectivity index (χ1n) is 11.7. The summed E-state index contributed by atoms with van der Waals surface area (Å²) < 4.78 is 14.4. The molecule has 1 spiro atoms. The first-order valence-corrected chi connectivity index (χ1v) is 11.7. The van der Waals surface area contributed by atoms with Crippen LogP contribution < -0.4 is 0 Å². The molecule has 4 rings (SSSR count). The molecular formula is C28H36FN. The molecule has 1 aliphatic heterocycles. The Hall–Kier alpha value is -2.09. The molecule has 30 heavy (non-hydrogen) atoms. The normalized spacial score (nSPS) is 23.5. The average Bonchev–Trinajstić information content (AvgIpc) is 2.76. The van der Waals surface area contributed by atoms with E-state index in [0.717, 1.165) is 30.3 Å². The van der Waals surface area contributed by atoms with Gasteiger partial charge in [-0.05, 0) is 74.0 Å². The molecule has 0 radical (unpaired) electrons. The van der Waals surface area contributed by atoms with Gasteiger partial charge in [0.1, 0.15) is 5.82 Å². The van der Waals surface area contributed by atoms with Crippen LogP contribution in [0.15, 0.2) is 55.1 Å². The summed E-state index contributed by atoms with van der Waals surface area (Å²) in [6.45, 7) is 10.6. The van der Waals surface area contributed by atoms with Gasteiger partial charge in [0.05, 0.1) is 0 Å². The molecule has 0 amide bonds. The molecule has 0 N–H and O–H groups in total. The third-order valence-corrected chi connectivity index (χ3v) is 7.63. The second-order valence-corrected chi connectivity index (χ2v) is 9.82. The Labute approximate surface area is 182 Å². The van der Waals surface area contributed by atoms with Crippen LogP contribution in [0, 0.1) is 24.1 Å². The maximum Gasteiger partial charge on any atom is 0.132 e. The minimum atomic E-state index is -0.157. The summed E-state index contributed by atoms with van der Waals surface area (Å²) in [5.74, 6) is 1.36. The Morgan fingerprint density at radius 3 is 2.53 bits per heavy atom. The molecule has 2 fully saturated rings. The van der Waals surface area contributed by atoms with E-state index in [4.69, 9.17) is 0 Å². The van der Waals surface area contributed by atoms with Gasteiger partial charge in [-0.15, -0.1) is 0 Å². The van der Waals surface area contributed by atoms with Gasteiger partial charge >= 0.3 is 0 Å². The van der Waals surface area contributed by atoms with Crippen molar-refractivity contribution in [2.24, 2.45) is 11.3 Å². The third-order valence-electron chi connectivity index (χ3n) is 7.63. The summed E-state index contributed by atoms with van der Waals surface area (Å²) in [7, 11) is 0. The zero-order valence-electron chi connectivity index (χ0n) is 18.7. The Kier molecular flexibility index (Phi) is 6.32. The smallest absolute Gasteiger partial charge is 0.132 e. The number of benzene rings is 2. The molecule has 2 aromatic rings. The van der Waals surface area contributed by atoms with E-state index in [2.05, 4.69) is 48.7 Å². The number of hydrogen-bond donors (Lipinski definition) is 0. The molecule has 2 aromatic carbocycles. The van der Waals surface area contributed by atoms with E-state index >= 15 is 0 Å². The zero-order valence-corrected chi connectivity index (χ0v) is 18.7. The van der Waals surface area contributed by atoms with Gasteiger partial charge in [0.25, 0.3) is 0 Å². The number of likely N-dealkylation sites (tertiary alicyclic amines) is 1. The molecule has 0 bridgehead atoms. The molecule has 0 aromatic heterocycles. The number of halogens is 1. The highest BCUT2D eigenvalue weighted by atomic mass is 19.1. The van der Waals surface area contributed by atoms with Crippen LogP contribution in [0.2, 0.25) is 0 Å². The minimum Gasteiger partial charge on any atom is -0.371 e. The van der Waals surface area contributed by atoms with E-state index in [-0.39, 0.29) is 5.82 Å². The van der Waals surface area contributed by atoms with Crippen LogP contribution in [0.25, 0.3) is 5.70 Å². The van der Waals surface area contributed by atoms with Crippen LogP contribution in [0.3, 0.4) is 0 Å². The molecule has 2 heteroatoms. The van der Waals surface area contributed by atoms with E-state index in [0.29, 0.717) is 16.9 Å². The van der Waals surface area contributed by atoms with Gasteiger partial charge in [0.15, 0.2) is 0 Å². The quantitative estimate of drug-likeness (QED) is 0.496. The van der Waals surface area contributed by atoms with E-state index in [1.807, 2.05) is 19.1 Å². The molecule has 160 valence electrons. The molecular weight excluding hydrogens is 369 g/mol. The van der Waals surface area contributed by atoms with E-state index < -0.39 is 0 Å². The largest absolute Gasteiger partial charge is 0.371 e. The third kappa shape index (κ3) is 4.48. The summed E-state index contributed by atoms with van der Waals surface area (Å²) in [4.78, 5) is 2.32. The lowest BCUT2D eigenvalue weighted by molar-refractivity contribution is 0.0510. The Bertz CT molecular complexity index is 863. The zero-order chi connectivity index (χ0) is 21.1. The fourth-order valence-electron chi connectivity index (χ4n) is 6.08. The standard InChI is InChI=1S/C28H36FN/c1-4-8-23-18-25(24-9-6-5-7-10-24)20-28(19-23)13-15-30(16-14-28)22(3)26-17-21(2)11-12-27(26)29/h5-7,9-12,17,23,25H,3-4,8,13-16,18-20H2,1-2H3. The van der Waals surface area contributed by atoms with Crippen molar-refractivity contribution >= 4 is 5.70 Å². The van der Waals surface area contributed by atoms with Gasteiger partial charge in [-0.25, -0.2) is 4.39 Å². The van der Waals surface area contributed by atoms with Crippen LogP contribution in [0.5, 0.6) is 0 Å². The summed E-state index contributed by atoms with van der Waals surface area (Å²) in [6, 6.07) is 16.5. The first kappa shape index (κ1) is 21.2. The van der Waals surface area contributed by atoms with Crippen molar-refractivity contribution < 1.29 is 4.39 Å². The first-order chi connectivity index (χ1) is 14.5. The van der Waals surface area contributed by atoms with Crippen molar-refractivity contribution in [1.29, 1.82) is 0 Å². The van der Waals surface area contributed by atoms with Gasteiger partial charge in [0.2, 0.25) is 0 Å². The van der Waals surface area contributed by atoms with E-state index in [9.17, 15) is 4.39 Å². The summed E-state index contributed by atoms with van der Waals surface area (Å²) in [6.07, 6.45) is 9.02. The van der Waals surface area contributed by atoms with Gasteiger partial charge in [0, 0.05) is 24.4 Å². The Balaban J connectivity index is 1.48. The number of aryl methyl sites for hydroxylation is 1. The molecule has 1 nitrogen and oxygen atoms in total. The van der Waals surface area contributed by atoms with Crippen molar-refractivity contribution in [3.8, 4) is 0 Å². The van der Waals surface area contributed by atoms with Crippen molar-refractivity contribution in [3.05, 3.63) is 77.6 Å². The lowest BCUT2D eigenvalue weighted by Gasteiger charge is -2.50. The fraction of sp³-hybridized carbons (Fsp3) is 0.500. The highest BCUT2D eigenvalue weighted by Crippen LogP contribution is 2.53. The molecule has 1 heterocycles. The number of hydrogen-bond acceptors (Lipinski definition) is 1. The SMILES string of the molecule is C=C(c1cc(C)ccc1F)N1CCC2(CC1)CC(CCC)CC(c1ccccc1)C2. The van der Waals surface area contributed by atoms with Gasteiger partial charge < -0.3 is 4.90 Å². The minimum absolute atomic E-state index is 0.157. The molecule has 2 unspecified atom stereocenters. The van der Waals surface area contributed by atoms with Crippen LogP contribution in [-0.4, -0.2) is 18.0 Å². The van der Waals surface area contributed by atoms with Gasteiger partial charge in [-0.2, -0.15) is 0 Å².